The highest BCUT2D eigenvalue weighted by Gasteiger charge is 2.25. The third-order valence-corrected chi connectivity index (χ3v) is 3.73. The van der Waals surface area contributed by atoms with E-state index in [1.165, 1.54) is 0 Å². The lowest BCUT2D eigenvalue weighted by Crippen LogP contribution is -2.33. The summed E-state index contributed by atoms with van der Waals surface area (Å²) < 4.78 is 11.1. The molecule has 6 nitrogen and oxygen atoms in total. The number of hydrogen-bond acceptors (Lipinski definition) is 5. The summed E-state index contributed by atoms with van der Waals surface area (Å²) in [4.78, 5) is 12.6. The maximum absolute atomic E-state index is 10.9. The maximum Gasteiger partial charge on any atom is 0.251 e. The number of amides is 1. The summed E-state index contributed by atoms with van der Waals surface area (Å²) in [6, 6.07) is 7.53. The van der Waals surface area contributed by atoms with Crippen molar-refractivity contribution in [2.45, 2.75) is 18.8 Å². The third kappa shape index (κ3) is 2.74. The van der Waals surface area contributed by atoms with Gasteiger partial charge in [0.2, 0.25) is 12.3 Å². The van der Waals surface area contributed by atoms with Gasteiger partial charge in [0.25, 0.3) is 5.89 Å². The van der Waals surface area contributed by atoms with Crippen molar-refractivity contribution in [2.75, 3.05) is 20.2 Å². The Morgan fingerprint density at radius 3 is 3.05 bits per heavy atom. The second-order valence-corrected chi connectivity index (χ2v) is 5.09. The monoisotopic (exact) mass is 287 g/mol. The van der Waals surface area contributed by atoms with Crippen LogP contribution in [0.25, 0.3) is 11.5 Å². The molecule has 6 heteroatoms. The molecule has 21 heavy (non-hydrogen) atoms. The molecule has 1 unspecified atom stereocenters. The summed E-state index contributed by atoms with van der Waals surface area (Å²) in [7, 11) is 1.61. The van der Waals surface area contributed by atoms with Gasteiger partial charge in [0.15, 0.2) is 0 Å². The Hall–Kier alpha value is -2.37. The quantitative estimate of drug-likeness (QED) is 0.805. The van der Waals surface area contributed by atoms with Gasteiger partial charge in [-0.3, -0.25) is 4.79 Å². The molecular formula is C15H17N3O3. The maximum atomic E-state index is 10.9. The Labute approximate surface area is 122 Å². The Bertz CT molecular complexity index is 626. The Morgan fingerprint density at radius 1 is 1.38 bits per heavy atom. The summed E-state index contributed by atoms with van der Waals surface area (Å²) in [5, 5.41) is 8.26. The number of aromatic nitrogens is 2. The number of likely N-dealkylation sites (tertiary alicyclic amines) is 1. The molecule has 0 saturated carbocycles. The smallest absolute Gasteiger partial charge is 0.251 e. The van der Waals surface area contributed by atoms with Crippen LogP contribution in [0.4, 0.5) is 0 Å². The number of rotatable bonds is 4. The van der Waals surface area contributed by atoms with E-state index in [0.29, 0.717) is 24.1 Å². The average Bonchev–Trinajstić information content (AvgIpc) is 3.04. The summed E-state index contributed by atoms with van der Waals surface area (Å²) >= 11 is 0. The lowest BCUT2D eigenvalue weighted by molar-refractivity contribution is -0.119. The van der Waals surface area contributed by atoms with E-state index in [0.717, 1.165) is 31.4 Å². The minimum absolute atomic E-state index is 0.111. The van der Waals surface area contributed by atoms with E-state index >= 15 is 0 Å². The lowest BCUT2D eigenvalue weighted by atomic mass is 9.98. The second-order valence-electron chi connectivity index (χ2n) is 5.09. The molecule has 0 aliphatic carbocycles. The molecule has 3 rings (SSSR count). The number of methoxy groups -OCH3 is 1. The molecule has 1 fully saturated rings. The van der Waals surface area contributed by atoms with Crippen molar-refractivity contribution >= 4 is 6.41 Å². The van der Waals surface area contributed by atoms with E-state index in [2.05, 4.69) is 10.2 Å². The molecule has 1 atom stereocenters. The topological polar surface area (TPSA) is 68.5 Å². The fourth-order valence-corrected chi connectivity index (χ4v) is 2.63. The molecule has 1 amide bonds. The van der Waals surface area contributed by atoms with E-state index in [1.807, 2.05) is 24.3 Å². The van der Waals surface area contributed by atoms with Crippen LogP contribution in [0.1, 0.15) is 24.7 Å². The molecule has 2 heterocycles. The van der Waals surface area contributed by atoms with Crippen molar-refractivity contribution in [1.29, 1.82) is 0 Å². The van der Waals surface area contributed by atoms with E-state index in [4.69, 9.17) is 9.15 Å². The van der Waals surface area contributed by atoms with Gasteiger partial charge in [0.05, 0.1) is 18.6 Å². The Balaban J connectivity index is 1.84. The van der Waals surface area contributed by atoms with Gasteiger partial charge in [-0.25, -0.2) is 0 Å². The van der Waals surface area contributed by atoms with Gasteiger partial charge in [-0.1, -0.05) is 12.1 Å². The van der Waals surface area contributed by atoms with Gasteiger partial charge in [0, 0.05) is 13.1 Å². The van der Waals surface area contributed by atoms with Gasteiger partial charge in [-0.15, -0.1) is 10.2 Å². The second kappa shape index (κ2) is 5.95. The molecule has 0 radical (unpaired) electrons. The predicted molar refractivity (Wildman–Crippen MR) is 75.9 cm³/mol. The van der Waals surface area contributed by atoms with Crippen molar-refractivity contribution < 1.29 is 13.9 Å². The fraction of sp³-hybridized carbons (Fsp3) is 0.400. The number of nitrogens with zero attached hydrogens (tertiary/aromatic N) is 3. The highest BCUT2D eigenvalue weighted by atomic mass is 16.5. The standard InChI is InChI=1S/C15H17N3O3/c1-20-13-7-3-2-6-12(13)15-17-16-14(21-15)11-5-4-8-18(9-11)10-19/h2-3,6-7,10-11H,4-5,8-9H2,1H3. The molecule has 2 aromatic rings. The first-order valence-electron chi connectivity index (χ1n) is 6.98. The first kappa shape index (κ1) is 13.6. The molecule has 1 aromatic carbocycles. The number of carbonyl (C=O) groups is 1. The average molecular weight is 287 g/mol. The summed E-state index contributed by atoms with van der Waals surface area (Å²) in [5.74, 6) is 1.85. The first-order valence-corrected chi connectivity index (χ1v) is 6.98. The van der Waals surface area contributed by atoms with Crippen LogP contribution in [-0.2, 0) is 4.79 Å². The molecule has 1 aromatic heterocycles. The van der Waals surface area contributed by atoms with Gasteiger partial charge in [-0.2, -0.15) is 0 Å². The number of ether oxygens (including phenoxy) is 1. The van der Waals surface area contributed by atoms with Crippen LogP contribution < -0.4 is 4.74 Å². The van der Waals surface area contributed by atoms with Crippen LogP contribution in [0, 0.1) is 0 Å². The van der Waals surface area contributed by atoms with Gasteiger partial charge < -0.3 is 14.1 Å². The van der Waals surface area contributed by atoms with Gasteiger partial charge in [0.1, 0.15) is 5.75 Å². The zero-order valence-corrected chi connectivity index (χ0v) is 11.9. The molecule has 0 N–H and O–H groups in total. The van der Waals surface area contributed by atoms with Crippen LogP contribution in [0.15, 0.2) is 28.7 Å². The molecule has 0 bridgehead atoms. The van der Waals surface area contributed by atoms with Crippen LogP contribution in [-0.4, -0.2) is 41.7 Å². The largest absolute Gasteiger partial charge is 0.496 e. The highest BCUT2D eigenvalue weighted by molar-refractivity contribution is 5.62. The zero-order valence-electron chi connectivity index (χ0n) is 11.9. The summed E-state index contributed by atoms with van der Waals surface area (Å²) in [6.07, 6.45) is 2.79. The van der Waals surface area contributed by atoms with Gasteiger partial charge in [-0.05, 0) is 25.0 Å². The summed E-state index contributed by atoms with van der Waals surface area (Å²) in [6.45, 7) is 1.44. The lowest BCUT2D eigenvalue weighted by Gasteiger charge is -2.27. The molecule has 0 spiro atoms. The number of benzene rings is 1. The Morgan fingerprint density at radius 2 is 2.24 bits per heavy atom. The normalized spacial score (nSPS) is 18.5. The van der Waals surface area contributed by atoms with E-state index in [1.54, 1.807) is 12.0 Å². The zero-order chi connectivity index (χ0) is 14.7. The number of hydrogen-bond donors (Lipinski definition) is 0. The minimum atomic E-state index is 0.111. The molecular weight excluding hydrogens is 270 g/mol. The highest BCUT2D eigenvalue weighted by Crippen LogP contribution is 2.31. The molecule has 110 valence electrons. The van der Waals surface area contributed by atoms with E-state index < -0.39 is 0 Å². The van der Waals surface area contributed by atoms with Gasteiger partial charge >= 0.3 is 0 Å². The van der Waals surface area contributed by atoms with Crippen molar-refractivity contribution in [3.05, 3.63) is 30.2 Å². The number of para-hydroxylation sites is 1. The van der Waals surface area contributed by atoms with E-state index in [-0.39, 0.29) is 5.92 Å². The molecule has 1 saturated heterocycles. The van der Waals surface area contributed by atoms with Crippen LogP contribution in [0.2, 0.25) is 0 Å². The van der Waals surface area contributed by atoms with Crippen LogP contribution in [0.3, 0.4) is 0 Å². The first-order chi connectivity index (χ1) is 10.3. The summed E-state index contributed by atoms with van der Waals surface area (Å²) in [5.41, 5.74) is 0.779. The number of carbonyl (C=O) groups excluding carboxylic acids is 1. The van der Waals surface area contributed by atoms with Crippen LogP contribution in [0.5, 0.6) is 5.75 Å². The predicted octanol–water partition coefficient (Wildman–Crippen LogP) is 2.08. The minimum Gasteiger partial charge on any atom is -0.496 e. The molecule has 1 aliphatic heterocycles. The fourth-order valence-electron chi connectivity index (χ4n) is 2.63. The number of piperidine rings is 1. The van der Waals surface area contributed by atoms with Crippen molar-refractivity contribution in [2.24, 2.45) is 0 Å². The van der Waals surface area contributed by atoms with E-state index in [9.17, 15) is 4.79 Å². The van der Waals surface area contributed by atoms with Crippen LogP contribution >= 0.6 is 0 Å². The SMILES string of the molecule is COc1ccccc1-c1nnc(C2CCCN(C=O)C2)o1. The van der Waals surface area contributed by atoms with Crippen molar-refractivity contribution in [3.63, 3.8) is 0 Å². The molecule has 1 aliphatic rings. The van der Waals surface area contributed by atoms with Crippen molar-refractivity contribution in [3.8, 4) is 17.2 Å². The Kier molecular flexibility index (Phi) is 3.85. The third-order valence-electron chi connectivity index (χ3n) is 3.73. The van der Waals surface area contributed by atoms with Crippen molar-refractivity contribution in [1.82, 2.24) is 15.1 Å².